The molecule has 158 valence electrons. The minimum atomic E-state index is -0.391. The van der Waals surface area contributed by atoms with Gasteiger partial charge in [0.2, 0.25) is 5.91 Å². The molecule has 0 bridgehead atoms. The molecule has 2 aromatic carbocycles. The average molecular weight is 437 g/mol. The van der Waals surface area contributed by atoms with E-state index >= 15 is 0 Å². The van der Waals surface area contributed by atoms with Gasteiger partial charge in [0.15, 0.2) is 6.73 Å². The van der Waals surface area contributed by atoms with Gasteiger partial charge in [-0.05, 0) is 48.7 Å². The molecule has 1 atom stereocenters. The van der Waals surface area contributed by atoms with E-state index in [1.165, 1.54) is 0 Å². The summed E-state index contributed by atoms with van der Waals surface area (Å²) in [4.78, 5) is 37.1. The maximum Gasteiger partial charge on any atom is 0.286 e. The van der Waals surface area contributed by atoms with E-state index in [-0.39, 0.29) is 23.8 Å². The molecule has 2 heterocycles. The van der Waals surface area contributed by atoms with Gasteiger partial charge in [0.05, 0.1) is 29.1 Å². The fraction of sp³-hybridized carbons (Fsp3) is 0.273. The summed E-state index contributed by atoms with van der Waals surface area (Å²) in [5.74, 6) is 0.774. The zero-order chi connectivity index (χ0) is 21.8. The van der Waals surface area contributed by atoms with Crippen molar-refractivity contribution in [2.24, 2.45) is 0 Å². The molecule has 0 aliphatic carbocycles. The van der Waals surface area contributed by atoms with Gasteiger partial charge in [-0.15, -0.1) is 0 Å². The molecule has 8 nitrogen and oxygen atoms in total. The van der Waals surface area contributed by atoms with Crippen LogP contribution in [0.1, 0.15) is 27.9 Å². The smallest absolute Gasteiger partial charge is 0.286 e. The van der Waals surface area contributed by atoms with Crippen molar-refractivity contribution in [3.8, 4) is 17.6 Å². The molecule has 31 heavy (non-hydrogen) atoms. The van der Waals surface area contributed by atoms with Crippen LogP contribution in [0.3, 0.4) is 0 Å². The van der Waals surface area contributed by atoms with Crippen LogP contribution >= 0.6 is 11.8 Å². The number of nitrogens with one attached hydrogen (secondary N) is 1. The Bertz CT molecular complexity index is 1060. The van der Waals surface area contributed by atoms with Crippen molar-refractivity contribution >= 4 is 28.8 Å². The van der Waals surface area contributed by atoms with Crippen LogP contribution in [0.25, 0.3) is 0 Å². The molecule has 2 aromatic rings. The Labute approximate surface area is 183 Å². The molecule has 2 aliphatic rings. The maximum atomic E-state index is 12.6. The lowest BCUT2D eigenvalue weighted by atomic mass is 10.1. The number of nitrogens with zero attached hydrogens (tertiary/aromatic N) is 2. The Hall–Kier alpha value is -3.51. The zero-order valence-corrected chi connectivity index (χ0v) is 17.3. The number of hydrogen-bond acceptors (Lipinski definition) is 7. The van der Waals surface area contributed by atoms with Crippen molar-refractivity contribution in [3.63, 3.8) is 0 Å². The quantitative estimate of drug-likeness (QED) is 0.664. The van der Waals surface area contributed by atoms with E-state index in [0.29, 0.717) is 48.6 Å². The normalized spacial score (nSPS) is 17.6. The number of fused-ring (bicyclic) bond motifs is 1. The van der Waals surface area contributed by atoms with Crippen LogP contribution in [-0.2, 0) is 11.2 Å². The number of carbonyl (C=O) groups is 3. The Balaban J connectivity index is 1.24. The van der Waals surface area contributed by atoms with Crippen LogP contribution < -0.4 is 14.8 Å². The number of nitriles is 1. The molecule has 1 unspecified atom stereocenters. The third-order valence-corrected chi connectivity index (χ3v) is 5.94. The lowest BCUT2D eigenvalue weighted by Crippen LogP contribution is -2.39. The van der Waals surface area contributed by atoms with Gasteiger partial charge in [-0.3, -0.25) is 19.7 Å². The maximum absolute atomic E-state index is 12.6. The summed E-state index contributed by atoms with van der Waals surface area (Å²) < 4.78 is 11.3. The molecule has 0 radical (unpaired) electrons. The number of thioether (sulfide) groups is 1. The van der Waals surface area contributed by atoms with Crippen LogP contribution in [0, 0.1) is 11.3 Å². The fourth-order valence-corrected chi connectivity index (χ4v) is 4.20. The molecule has 3 amide bonds. The molecule has 1 N–H and O–H groups in total. The Morgan fingerprint density at radius 1 is 1.19 bits per heavy atom. The first-order valence-electron chi connectivity index (χ1n) is 9.73. The monoisotopic (exact) mass is 437 g/mol. The summed E-state index contributed by atoms with van der Waals surface area (Å²) in [7, 11) is 0. The van der Waals surface area contributed by atoms with Crippen LogP contribution in [-0.4, -0.2) is 47.1 Å². The largest absolute Gasteiger partial charge is 0.494 e. The molecule has 0 saturated carbocycles. The van der Waals surface area contributed by atoms with Gasteiger partial charge in [-0.25, -0.2) is 0 Å². The standard InChI is InChI=1S/C22H19N3O5S/c23-12-15-4-7-18-17(10-15)21(27)25(13-30-18)8-1-9-29-16-5-2-14(3-6-16)11-19-20(26)24-22(28)31-19/h2-7,10,19H,1,8-9,11,13H2,(H,24,26,28). The molecular weight excluding hydrogens is 418 g/mol. The Morgan fingerprint density at radius 2 is 2.00 bits per heavy atom. The average Bonchev–Trinajstić information content (AvgIpc) is 3.10. The fourth-order valence-electron chi connectivity index (χ4n) is 3.34. The van der Waals surface area contributed by atoms with Crippen molar-refractivity contribution in [2.45, 2.75) is 18.1 Å². The molecule has 1 saturated heterocycles. The SMILES string of the molecule is N#Cc1ccc2c(c1)C(=O)N(CCCOc1ccc(CC3SC(=O)NC3=O)cc1)CO2. The van der Waals surface area contributed by atoms with Gasteiger partial charge in [0.25, 0.3) is 11.1 Å². The number of imide groups is 1. The molecule has 1 fully saturated rings. The highest BCUT2D eigenvalue weighted by molar-refractivity contribution is 8.15. The molecule has 4 rings (SSSR count). The van der Waals surface area contributed by atoms with E-state index in [2.05, 4.69) is 5.32 Å². The number of benzene rings is 2. The first kappa shape index (κ1) is 20.8. The topological polar surface area (TPSA) is 109 Å². The van der Waals surface area contributed by atoms with Gasteiger partial charge in [0.1, 0.15) is 11.5 Å². The second-order valence-electron chi connectivity index (χ2n) is 7.10. The van der Waals surface area contributed by atoms with E-state index in [0.717, 1.165) is 17.3 Å². The van der Waals surface area contributed by atoms with Crippen LogP contribution in [0.5, 0.6) is 11.5 Å². The highest BCUT2D eigenvalue weighted by atomic mass is 32.2. The van der Waals surface area contributed by atoms with E-state index in [4.69, 9.17) is 14.7 Å². The van der Waals surface area contributed by atoms with E-state index in [1.807, 2.05) is 30.3 Å². The van der Waals surface area contributed by atoms with Crippen LogP contribution in [0.15, 0.2) is 42.5 Å². The third-order valence-electron chi connectivity index (χ3n) is 4.95. The van der Waals surface area contributed by atoms with Crippen molar-refractivity contribution in [1.82, 2.24) is 10.2 Å². The van der Waals surface area contributed by atoms with Crippen molar-refractivity contribution in [3.05, 3.63) is 59.2 Å². The van der Waals surface area contributed by atoms with E-state index < -0.39 is 5.25 Å². The molecule has 0 spiro atoms. The zero-order valence-electron chi connectivity index (χ0n) is 16.5. The molecule has 2 aliphatic heterocycles. The summed E-state index contributed by atoms with van der Waals surface area (Å²) in [5.41, 5.74) is 1.77. The van der Waals surface area contributed by atoms with Crippen LogP contribution in [0.4, 0.5) is 4.79 Å². The minimum Gasteiger partial charge on any atom is -0.494 e. The van der Waals surface area contributed by atoms with Crippen molar-refractivity contribution in [1.29, 1.82) is 5.26 Å². The van der Waals surface area contributed by atoms with Crippen molar-refractivity contribution in [2.75, 3.05) is 19.9 Å². The Morgan fingerprint density at radius 3 is 2.71 bits per heavy atom. The predicted molar refractivity (Wildman–Crippen MR) is 113 cm³/mol. The second kappa shape index (κ2) is 9.10. The van der Waals surface area contributed by atoms with Gasteiger partial charge >= 0.3 is 0 Å². The number of hydrogen-bond donors (Lipinski definition) is 1. The lowest BCUT2D eigenvalue weighted by Gasteiger charge is -2.28. The first-order chi connectivity index (χ1) is 15.0. The lowest BCUT2D eigenvalue weighted by molar-refractivity contribution is -0.118. The summed E-state index contributed by atoms with van der Waals surface area (Å²) >= 11 is 1.01. The van der Waals surface area contributed by atoms with Crippen LogP contribution in [0.2, 0.25) is 0 Å². The number of carbonyl (C=O) groups excluding carboxylic acids is 3. The van der Waals surface area contributed by atoms with Gasteiger partial charge in [-0.1, -0.05) is 23.9 Å². The highest BCUT2D eigenvalue weighted by Crippen LogP contribution is 2.26. The molecule has 9 heteroatoms. The Kier molecular flexibility index (Phi) is 6.09. The van der Waals surface area contributed by atoms with Crippen molar-refractivity contribution < 1.29 is 23.9 Å². The van der Waals surface area contributed by atoms with Gasteiger partial charge in [-0.2, -0.15) is 5.26 Å². The number of ether oxygens (including phenoxy) is 2. The minimum absolute atomic E-state index is 0.157. The second-order valence-corrected chi connectivity index (χ2v) is 8.27. The summed E-state index contributed by atoms with van der Waals surface area (Å²) in [6.45, 7) is 1.06. The number of amides is 3. The van der Waals surface area contributed by atoms with Gasteiger partial charge < -0.3 is 14.4 Å². The first-order valence-corrected chi connectivity index (χ1v) is 10.6. The highest BCUT2D eigenvalue weighted by Gasteiger charge is 2.31. The molecule has 0 aromatic heterocycles. The third kappa shape index (κ3) is 4.81. The summed E-state index contributed by atoms with van der Waals surface area (Å²) in [6.07, 6.45) is 1.10. The van der Waals surface area contributed by atoms with E-state index in [9.17, 15) is 14.4 Å². The predicted octanol–water partition coefficient (Wildman–Crippen LogP) is 2.71. The van der Waals surface area contributed by atoms with Gasteiger partial charge in [0, 0.05) is 6.54 Å². The van der Waals surface area contributed by atoms with E-state index in [1.54, 1.807) is 23.1 Å². The number of rotatable bonds is 7. The summed E-state index contributed by atoms with van der Waals surface area (Å²) in [6, 6.07) is 14.2. The summed E-state index contributed by atoms with van der Waals surface area (Å²) in [5, 5.41) is 10.6. The molecular formula is C22H19N3O5S.